The van der Waals surface area contributed by atoms with Crippen LogP contribution in [0.25, 0.3) is 0 Å². The molecule has 0 aromatic heterocycles. The molecule has 3 nitrogen and oxygen atoms in total. The molecule has 1 fully saturated rings. The Bertz CT molecular complexity index is 464. The van der Waals surface area contributed by atoms with Gasteiger partial charge in [-0.1, -0.05) is 13.0 Å². The minimum atomic E-state index is -0.216. The van der Waals surface area contributed by atoms with Gasteiger partial charge >= 0.3 is 0 Å². The third-order valence-corrected chi connectivity index (χ3v) is 5.06. The van der Waals surface area contributed by atoms with Crippen LogP contribution >= 0.6 is 15.9 Å². The van der Waals surface area contributed by atoms with Gasteiger partial charge in [0.15, 0.2) is 0 Å². The third kappa shape index (κ3) is 4.21. The molecule has 1 saturated heterocycles. The van der Waals surface area contributed by atoms with Crippen molar-refractivity contribution in [2.45, 2.75) is 45.8 Å². The zero-order chi connectivity index (χ0) is 15.4. The SMILES string of the molecule is CCCNC(C)c1ccc(N2CCC(C(C)O)C2)c(Br)c1. The summed E-state index contributed by atoms with van der Waals surface area (Å²) in [5.41, 5.74) is 2.55. The maximum absolute atomic E-state index is 9.74. The first-order valence-electron chi connectivity index (χ1n) is 7.98. The molecule has 1 aliphatic heterocycles. The number of halogens is 1. The Morgan fingerprint density at radius 1 is 1.43 bits per heavy atom. The van der Waals surface area contributed by atoms with Gasteiger partial charge in [0.25, 0.3) is 0 Å². The molecule has 1 aliphatic rings. The quantitative estimate of drug-likeness (QED) is 0.817. The van der Waals surface area contributed by atoms with Gasteiger partial charge in [0, 0.05) is 29.5 Å². The van der Waals surface area contributed by atoms with E-state index in [0.29, 0.717) is 12.0 Å². The number of hydrogen-bond donors (Lipinski definition) is 2. The highest BCUT2D eigenvalue weighted by Crippen LogP contribution is 2.33. The van der Waals surface area contributed by atoms with Gasteiger partial charge in [-0.25, -0.2) is 0 Å². The van der Waals surface area contributed by atoms with Crippen LogP contribution in [0.15, 0.2) is 22.7 Å². The van der Waals surface area contributed by atoms with Gasteiger partial charge in [-0.2, -0.15) is 0 Å². The molecule has 0 bridgehead atoms. The van der Waals surface area contributed by atoms with Crippen LogP contribution in [-0.4, -0.2) is 30.8 Å². The van der Waals surface area contributed by atoms with Crippen molar-refractivity contribution < 1.29 is 5.11 Å². The molecule has 3 atom stereocenters. The number of aliphatic hydroxyl groups excluding tert-OH is 1. The molecular weight excluding hydrogens is 328 g/mol. The summed E-state index contributed by atoms with van der Waals surface area (Å²) < 4.78 is 1.15. The van der Waals surface area contributed by atoms with Crippen molar-refractivity contribution >= 4 is 21.6 Å². The molecule has 2 rings (SSSR count). The molecule has 0 aliphatic carbocycles. The van der Waals surface area contributed by atoms with Gasteiger partial charge in [0.2, 0.25) is 0 Å². The second-order valence-corrected chi connectivity index (χ2v) is 6.98. The molecule has 21 heavy (non-hydrogen) atoms. The fourth-order valence-electron chi connectivity index (χ4n) is 2.93. The number of anilines is 1. The van der Waals surface area contributed by atoms with Gasteiger partial charge in [-0.15, -0.1) is 0 Å². The Morgan fingerprint density at radius 3 is 2.76 bits per heavy atom. The first-order valence-corrected chi connectivity index (χ1v) is 8.78. The molecular formula is C17H27BrN2O. The lowest BCUT2D eigenvalue weighted by molar-refractivity contribution is 0.136. The third-order valence-electron chi connectivity index (χ3n) is 4.42. The Balaban J connectivity index is 2.06. The van der Waals surface area contributed by atoms with Crippen LogP contribution in [0.4, 0.5) is 5.69 Å². The summed E-state index contributed by atoms with van der Waals surface area (Å²) in [6.45, 7) is 9.30. The van der Waals surface area contributed by atoms with Crippen molar-refractivity contribution in [1.29, 1.82) is 0 Å². The monoisotopic (exact) mass is 354 g/mol. The van der Waals surface area contributed by atoms with Crippen molar-refractivity contribution in [2.24, 2.45) is 5.92 Å². The lowest BCUT2D eigenvalue weighted by Crippen LogP contribution is -2.24. The lowest BCUT2D eigenvalue weighted by atomic mass is 10.0. The maximum atomic E-state index is 9.74. The topological polar surface area (TPSA) is 35.5 Å². The van der Waals surface area contributed by atoms with Crippen molar-refractivity contribution in [1.82, 2.24) is 5.32 Å². The first-order chi connectivity index (χ1) is 10.0. The van der Waals surface area contributed by atoms with Gasteiger partial charge in [0.05, 0.1) is 11.8 Å². The Morgan fingerprint density at radius 2 is 2.19 bits per heavy atom. The number of nitrogens with zero attached hydrogens (tertiary/aromatic N) is 1. The molecule has 0 spiro atoms. The van der Waals surface area contributed by atoms with Crippen molar-refractivity contribution in [3.8, 4) is 0 Å². The van der Waals surface area contributed by atoms with Crippen LogP contribution in [0.2, 0.25) is 0 Å². The Kier molecular flexibility index (Phi) is 6.08. The summed E-state index contributed by atoms with van der Waals surface area (Å²) >= 11 is 3.72. The van der Waals surface area contributed by atoms with Crippen LogP contribution in [-0.2, 0) is 0 Å². The summed E-state index contributed by atoms with van der Waals surface area (Å²) in [5, 5.41) is 13.3. The molecule has 1 heterocycles. The van der Waals surface area contributed by atoms with E-state index in [2.05, 4.69) is 58.2 Å². The molecule has 2 N–H and O–H groups in total. The lowest BCUT2D eigenvalue weighted by Gasteiger charge is -2.22. The summed E-state index contributed by atoms with van der Waals surface area (Å²) in [6.07, 6.45) is 2.00. The standard InChI is InChI=1S/C17H27BrN2O/c1-4-8-19-12(2)14-5-6-17(16(18)10-14)20-9-7-15(11-20)13(3)21/h5-6,10,12-13,15,19,21H,4,7-9,11H2,1-3H3. The predicted octanol–water partition coefficient (Wildman–Crippen LogP) is 3.72. The average Bonchev–Trinajstić information content (AvgIpc) is 2.94. The van der Waals surface area contributed by atoms with Gasteiger partial charge in [0.1, 0.15) is 0 Å². The number of aliphatic hydroxyl groups is 1. The number of nitrogens with one attached hydrogen (secondary N) is 1. The molecule has 0 radical (unpaired) electrons. The van der Waals surface area contributed by atoms with E-state index in [1.54, 1.807) is 0 Å². The normalized spacial score (nSPS) is 21.6. The summed E-state index contributed by atoms with van der Waals surface area (Å²) in [4.78, 5) is 2.37. The maximum Gasteiger partial charge on any atom is 0.0557 e. The molecule has 1 aromatic carbocycles. The predicted molar refractivity (Wildman–Crippen MR) is 92.9 cm³/mol. The van der Waals surface area contributed by atoms with Gasteiger partial charge in [-0.3, -0.25) is 0 Å². The second-order valence-electron chi connectivity index (χ2n) is 6.12. The van der Waals surface area contributed by atoms with E-state index in [-0.39, 0.29) is 6.10 Å². The highest BCUT2D eigenvalue weighted by atomic mass is 79.9. The zero-order valence-electron chi connectivity index (χ0n) is 13.3. The van der Waals surface area contributed by atoms with Crippen molar-refractivity contribution in [3.05, 3.63) is 28.2 Å². The van der Waals surface area contributed by atoms with Crippen LogP contribution < -0.4 is 10.2 Å². The Hall–Kier alpha value is -0.580. The summed E-state index contributed by atoms with van der Waals surface area (Å²) in [5.74, 6) is 0.390. The second kappa shape index (κ2) is 7.61. The largest absolute Gasteiger partial charge is 0.393 e. The fourth-order valence-corrected chi connectivity index (χ4v) is 3.57. The zero-order valence-corrected chi connectivity index (χ0v) is 14.9. The van der Waals surface area contributed by atoms with Crippen LogP contribution in [0.3, 0.4) is 0 Å². The number of rotatable bonds is 6. The molecule has 118 valence electrons. The highest BCUT2D eigenvalue weighted by molar-refractivity contribution is 9.10. The minimum absolute atomic E-state index is 0.216. The van der Waals surface area contributed by atoms with E-state index < -0.39 is 0 Å². The fraction of sp³-hybridized carbons (Fsp3) is 0.647. The van der Waals surface area contributed by atoms with E-state index in [1.165, 1.54) is 11.3 Å². The van der Waals surface area contributed by atoms with E-state index in [1.807, 2.05) is 6.92 Å². The van der Waals surface area contributed by atoms with Gasteiger partial charge < -0.3 is 15.3 Å². The van der Waals surface area contributed by atoms with E-state index in [9.17, 15) is 5.11 Å². The smallest absolute Gasteiger partial charge is 0.0557 e. The van der Waals surface area contributed by atoms with Crippen LogP contribution in [0, 0.1) is 5.92 Å². The molecule has 0 amide bonds. The first kappa shape index (κ1) is 16.8. The van der Waals surface area contributed by atoms with Crippen molar-refractivity contribution in [2.75, 3.05) is 24.5 Å². The Labute approximate surface area is 136 Å². The van der Waals surface area contributed by atoms with Crippen LogP contribution in [0.5, 0.6) is 0 Å². The van der Waals surface area contributed by atoms with Crippen molar-refractivity contribution in [3.63, 3.8) is 0 Å². The highest BCUT2D eigenvalue weighted by Gasteiger charge is 2.27. The van der Waals surface area contributed by atoms with Crippen LogP contribution in [0.1, 0.15) is 45.2 Å². The molecule has 1 aromatic rings. The van der Waals surface area contributed by atoms with E-state index >= 15 is 0 Å². The molecule has 0 saturated carbocycles. The molecule has 4 heteroatoms. The van der Waals surface area contributed by atoms with E-state index in [4.69, 9.17) is 0 Å². The number of benzene rings is 1. The average molecular weight is 355 g/mol. The summed E-state index contributed by atoms with van der Waals surface area (Å²) in [6, 6.07) is 7.01. The minimum Gasteiger partial charge on any atom is -0.393 e. The number of hydrogen-bond acceptors (Lipinski definition) is 3. The van der Waals surface area contributed by atoms with E-state index in [0.717, 1.165) is 36.9 Å². The summed E-state index contributed by atoms with van der Waals surface area (Å²) in [7, 11) is 0. The van der Waals surface area contributed by atoms with Gasteiger partial charge in [-0.05, 0) is 66.9 Å². The molecule has 3 unspecified atom stereocenters.